The molecular formula is C21H19ClN4OS. The van der Waals surface area contributed by atoms with Crippen molar-refractivity contribution < 1.29 is 5.11 Å². The summed E-state index contributed by atoms with van der Waals surface area (Å²) in [6.07, 6.45) is 0.568. The van der Waals surface area contributed by atoms with Gasteiger partial charge in [0.1, 0.15) is 0 Å². The van der Waals surface area contributed by atoms with Crippen LogP contribution >= 0.6 is 24.2 Å². The van der Waals surface area contributed by atoms with Gasteiger partial charge >= 0.3 is 0 Å². The molecule has 4 rings (SSSR count). The summed E-state index contributed by atoms with van der Waals surface area (Å²) in [5, 5.41) is 15.2. The highest BCUT2D eigenvalue weighted by Gasteiger charge is 2.19. The molecule has 0 aliphatic carbocycles. The van der Waals surface area contributed by atoms with Gasteiger partial charge in [-0.1, -0.05) is 48.0 Å². The molecule has 0 saturated heterocycles. The Kier molecular flexibility index (Phi) is 5.00. The first-order valence-electron chi connectivity index (χ1n) is 8.86. The van der Waals surface area contributed by atoms with Gasteiger partial charge in [0.05, 0.1) is 10.9 Å². The van der Waals surface area contributed by atoms with E-state index in [-0.39, 0.29) is 11.1 Å². The molecule has 0 amide bonds. The van der Waals surface area contributed by atoms with Gasteiger partial charge in [0.15, 0.2) is 5.82 Å². The average molecular weight is 411 g/mol. The van der Waals surface area contributed by atoms with Crippen molar-refractivity contribution >= 4 is 30.0 Å². The standard InChI is InChI=1S/C21H19ClN4OS/c1-12-9-16(22)13(2)8-15(12)20(28)17-11-19(27)26-21(23-17)24-18(25-26)10-14-6-4-3-5-7-14/h3-9,11,20,27-28H,10H2,1-2H3. The number of aryl methyl sites for hydroxylation is 2. The SMILES string of the molecule is Cc1cc(C(S)c2cc(O)n3nc(Cc4ccccc4)nc3n2)c(C)cc1Cl. The molecule has 0 saturated carbocycles. The highest BCUT2D eigenvalue weighted by atomic mass is 35.5. The molecule has 1 atom stereocenters. The number of hydrogen-bond acceptors (Lipinski definition) is 5. The van der Waals surface area contributed by atoms with Crippen molar-refractivity contribution in [1.29, 1.82) is 0 Å². The molecule has 0 bridgehead atoms. The van der Waals surface area contributed by atoms with Gasteiger partial charge in [-0.25, -0.2) is 4.98 Å². The van der Waals surface area contributed by atoms with E-state index in [0.717, 1.165) is 27.3 Å². The molecule has 0 aliphatic rings. The number of hydrogen-bond donors (Lipinski definition) is 2. The highest BCUT2D eigenvalue weighted by Crippen LogP contribution is 2.33. The van der Waals surface area contributed by atoms with Crippen LogP contribution in [-0.2, 0) is 6.42 Å². The number of nitrogens with zero attached hydrogens (tertiary/aromatic N) is 4. The Hall–Kier alpha value is -2.57. The van der Waals surface area contributed by atoms with Crippen LogP contribution in [-0.4, -0.2) is 24.7 Å². The molecule has 1 unspecified atom stereocenters. The fourth-order valence-corrected chi connectivity index (χ4v) is 3.79. The van der Waals surface area contributed by atoms with E-state index in [9.17, 15) is 5.11 Å². The Labute approximate surface area is 173 Å². The van der Waals surface area contributed by atoms with Crippen LogP contribution in [0.2, 0.25) is 5.02 Å². The van der Waals surface area contributed by atoms with E-state index in [4.69, 9.17) is 24.2 Å². The molecule has 2 heterocycles. The second kappa shape index (κ2) is 7.45. The summed E-state index contributed by atoms with van der Waals surface area (Å²) < 4.78 is 1.35. The van der Waals surface area contributed by atoms with Crippen molar-refractivity contribution in [2.24, 2.45) is 0 Å². The molecule has 5 nitrogen and oxygen atoms in total. The van der Waals surface area contributed by atoms with Gasteiger partial charge in [-0.15, -0.1) is 5.10 Å². The molecular weight excluding hydrogens is 392 g/mol. The molecule has 2 aromatic heterocycles. The fourth-order valence-electron chi connectivity index (χ4n) is 3.16. The van der Waals surface area contributed by atoms with Gasteiger partial charge in [-0.2, -0.15) is 22.1 Å². The maximum absolute atomic E-state index is 10.5. The Bertz CT molecular complexity index is 1160. The lowest BCUT2D eigenvalue weighted by Crippen LogP contribution is -2.03. The third-order valence-corrected chi connectivity index (χ3v) is 5.63. The largest absolute Gasteiger partial charge is 0.493 e. The van der Waals surface area contributed by atoms with E-state index in [1.54, 1.807) is 6.07 Å². The van der Waals surface area contributed by atoms with Crippen molar-refractivity contribution in [2.45, 2.75) is 25.5 Å². The molecule has 142 valence electrons. The normalized spacial score (nSPS) is 12.4. The van der Waals surface area contributed by atoms with Gasteiger partial charge < -0.3 is 5.11 Å². The summed E-state index contributed by atoms with van der Waals surface area (Å²) in [6.45, 7) is 3.94. The maximum atomic E-state index is 10.5. The Morgan fingerprint density at radius 3 is 2.57 bits per heavy atom. The lowest BCUT2D eigenvalue weighted by molar-refractivity contribution is 0.433. The van der Waals surface area contributed by atoms with Crippen molar-refractivity contribution in [3.63, 3.8) is 0 Å². The summed E-state index contributed by atoms with van der Waals surface area (Å²) in [6, 6.07) is 15.4. The zero-order valence-electron chi connectivity index (χ0n) is 15.5. The molecule has 0 spiro atoms. The Balaban J connectivity index is 1.72. The van der Waals surface area contributed by atoms with E-state index in [0.29, 0.717) is 23.7 Å². The maximum Gasteiger partial charge on any atom is 0.255 e. The minimum atomic E-state index is -0.318. The molecule has 0 aliphatic heterocycles. The van der Waals surface area contributed by atoms with Crippen LogP contribution in [0.25, 0.3) is 5.78 Å². The average Bonchev–Trinajstić information content (AvgIpc) is 3.08. The van der Waals surface area contributed by atoms with E-state index in [2.05, 4.69) is 15.1 Å². The quantitative estimate of drug-likeness (QED) is 0.478. The molecule has 2 aromatic carbocycles. The lowest BCUT2D eigenvalue weighted by atomic mass is 10.0. The van der Waals surface area contributed by atoms with Crippen LogP contribution in [0, 0.1) is 13.8 Å². The molecule has 4 aromatic rings. The minimum Gasteiger partial charge on any atom is -0.493 e. The number of benzene rings is 2. The number of fused-ring (bicyclic) bond motifs is 1. The van der Waals surface area contributed by atoms with E-state index >= 15 is 0 Å². The van der Waals surface area contributed by atoms with E-state index in [1.165, 1.54) is 4.52 Å². The van der Waals surface area contributed by atoms with Crippen molar-refractivity contribution in [2.75, 3.05) is 0 Å². The second-order valence-corrected chi connectivity index (χ2v) is 7.73. The zero-order valence-corrected chi connectivity index (χ0v) is 17.1. The number of halogens is 1. The zero-order chi connectivity index (χ0) is 19.8. The van der Waals surface area contributed by atoms with Gasteiger partial charge in [0.2, 0.25) is 5.88 Å². The first kappa shape index (κ1) is 18.8. The number of aromatic hydroxyl groups is 1. The Morgan fingerprint density at radius 1 is 1.07 bits per heavy atom. The van der Waals surface area contributed by atoms with Crippen LogP contribution in [0.15, 0.2) is 48.5 Å². The van der Waals surface area contributed by atoms with Gasteiger partial charge in [0.25, 0.3) is 5.78 Å². The van der Waals surface area contributed by atoms with Gasteiger partial charge in [-0.05, 0) is 42.2 Å². The van der Waals surface area contributed by atoms with Crippen LogP contribution < -0.4 is 0 Å². The van der Waals surface area contributed by atoms with Gasteiger partial charge in [-0.3, -0.25) is 0 Å². The van der Waals surface area contributed by atoms with Crippen LogP contribution in [0.3, 0.4) is 0 Å². The van der Waals surface area contributed by atoms with E-state index in [1.807, 2.05) is 56.3 Å². The monoisotopic (exact) mass is 410 g/mol. The van der Waals surface area contributed by atoms with Crippen molar-refractivity contribution in [1.82, 2.24) is 19.6 Å². The first-order valence-corrected chi connectivity index (χ1v) is 9.76. The predicted octanol–water partition coefficient (Wildman–Crippen LogP) is 4.71. The molecule has 0 radical (unpaired) electrons. The lowest BCUT2D eigenvalue weighted by Gasteiger charge is -2.15. The predicted molar refractivity (Wildman–Crippen MR) is 113 cm³/mol. The van der Waals surface area contributed by atoms with E-state index < -0.39 is 0 Å². The summed E-state index contributed by atoms with van der Waals surface area (Å²) in [5.74, 6) is 0.929. The van der Waals surface area contributed by atoms with Crippen molar-refractivity contribution in [3.8, 4) is 5.88 Å². The topological polar surface area (TPSA) is 63.3 Å². The number of aromatic nitrogens is 4. The summed E-state index contributed by atoms with van der Waals surface area (Å²) >= 11 is 11.0. The molecule has 7 heteroatoms. The second-order valence-electron chi connectivity index (χ2n) is 6.80. The summed E-state index contributed by atoms with van der Waals surface area (Å²) in [7, 11) is 0. The fraction of sp³-hybridized carbons (Fsp3) is 0.190. The summed E-state index contributed by atoms with van der Waals surface area (Å²) in [4.78, 5) is 9.07. The van der Waals surface area contributed by atoms with Crippen LogP contribution in [0.4, 0.5) is 0 Å². The van der Waals surface area contributed by atoms with Crippen molar-refractivity contribution in [3.05, 3.63) is 87.3 Å². The van der Waals surface area contributed by atoms with Gasteiger partial charge in [0, 0.05) is 17.5 Å². The highest BCUT2D eigenvalue weighted by molar-refractivity contribution is 7.80. The molecule has 1 N–H and O–H groups in total. The minimum absolute atomic E-state index is 0.0193. The Morgan fingerprint density at radius 2 is 1.82 bits per heavy atom. The molecule has 28 heavy (non-hydrogen) atoms. The smallest absolute Gasteiger partial charge is 0.255 e. The molecule has 0 fully saturated rings. The summed E-state index contributed by atoms with van der Waals surface area (Å²) in [5.41, 5.74) is 4.68. The number of thiol groups is 1. The van der Waals surface area contributed by atoms with Crippen LogP contribution in [0.1, 0.15) is 39.0 Å². The number of rotatable bonds is 4. The first-order chi connectivity index (χ1) is 13.4. The van der Waals surface area contributed by atoms with Crippen LogP contribution in [0.5, 0.6) is 5.88 Å². The third kappa shape index (κ3) is 3.57. The third-order valence-electron chi connectivity index (χ3n) is 4.68.